The number of guanidine groups is 1. The van der Waals surface area contributed by atoms with Crippen molar-refractivity contribution in [2.24, 2.45) is 4.40 Å². The Balaban J connectivity index is 3.30. The van der Waals surface area contributed by atoms with Gasteiger partial charge in [-0.15, -0.1) is 0 Å². The zero-order chi connectivity index (χ0) is 13.6. The summed E-state index contributed by atoms with van der Waals surface area (Å²) in [5.74, 6) is -4.64. The van der Waals surface area contributed by atoms with E-state index in [-0.39, 0.29) is 0 Å². The van der Waals surface area contributed by atoms with Crippen LogP contribution in [0.3, 0.4) is 0 Å². The third-order valence-corrected chi connectivity index (χ3v) is 2.71. The topological polar surface area (TPSA) is 116 Å². The molecule has 1 fully saturated rings. The van der Waals surface area contributed by atoms with Gasteiger partial charge in [-0.2, -0.15) is 21.6 Å². The zero-order valence-corrected chi connectivity index (χ0v) is 8.79. The van der Waals surface area contributed by atoms with E-state index in [1.165, 1.54) is 5.32 Å². The number of quaternary nitrogens is 1. The number of hydroxylamine groups is 3. The van der Waals surface area contributed by atoms with Crippen LogP contribution in [0.2, 0.25) is 0 Å². The number of carbonyl (C=O) groups excluding carboxylic acids is 2. The fraction of sp³-hybridized carbons (Fsp3) is 0.400. The van der Waals surface area contributed by atoms with Crippen LogP contribution in [0.4, 0.5) is 13.2 Å². The summed E-state index contributed by atoms with van der Waals surface area (Å²) in [6.45, 7) is 0. The minimum Gasteiger partial charge on any atom is -0.617 e. The van der Waals surface area contributed by atoms with Crippen LogP contribution in [0.25, 0.3) is 0 Å². The van der Waals surface area contributed by atoms with Crippen molar-refractivity contribution in [1.82, 2.24) is 5.32 Å². The van der Waals surface area contributed by atoms with Gasteiger partial charge in [-0.3, -0.25) is 10.1 Å². The molecular formula is C5H4F3N3O5S. The van der Waals surface area contributed by atoms with Crippen molar-refractivity contribution < 1.29 is 35.8 Å². The molecule has 0 spiro atoms. The molecule has 1 aliphatic rings. The maximum atomic E-state index is 11.9. The average Bonchev–Trinajstić information content (AvgIpc) is 2.28. The molecule has 96 valence electrons. The van der Waals surface area contributed by atoms with Gasteiger partial charge >= 0.3 is 33.3 Å². The Hall–Kier alpha value is -1.53. The lowest BCUT2D eigenvalue weighted by Gasteiger charge is -2.26. The maximum absolute atomic E-state index is 11.9. The molecule has 1 atom stereocenters. The van der Waals surface area contributed by atoms with Crippen molar-refractivity contribution in [2.75, 3.05) is 7.05 Å². The van der Waals surface area contributed by atoms with Crippen LogP contribution in [0.1, 0.15) is 0 Å². The second-order valence-corrected chi connectivity index (χ2v) is 4.61. The minimum atomic E-state index is -5.99. The van der Waals surface area contributed by atoms with Crippen molar-refractivity contribution in [2.45, 2.75) is 5.51 Å². The second kappa shape index (κ2) is 3.48. The standard InChI is InChI=1S/C5H4F3N3O5S/c1-11(14)3(13)2(12)9-4(11)10-17(15,16)5(6,7)8/h1H3,(H,9,10,12). The van der Waals surface area contributed by atoms with Crippen LogP contribution in [0.15, 0.2) is 4.40 Å². The zero-order valence-electron chi connectivity index (χ0n) is 7.98. The summed E-state index contributed by atoms with van der Waals surface area (Å²) in [7, 11) is -5.52. The van der Waals surface area contributed by atoms with Gasteiger partial charge in [-0.25, -0.2) is 9.44 Å². The van der Waals surface area contributed by atoms with Gasteiger partial charge in [-0.1, -0.05) is 4.40 Å². The Labute approximate surface area is 91.9 Å². The van der Waals surface area contributed by atoms with Crippen molar-refractivity contribution in [1.29, 1.82) is 0 Å². The largest absolute Gasteiger partial charge is 0.617 e. The van der Waals surface area contributed by atoms with Crippen LogP contribution < -0.4 is 5.32 Å². The van der Waals surface area contributed by atoms with E-state index in [9.17, 15) is 36.4 Å². The van der Waals surface area contributed by atoms with E-state index in [1.807, 2.05) is 0 Å². The highest BCUT2D eigenvalue weighted by atomic mass is 32.2. The third-order valence-electron chi connectivity index (χ3n) is 1.71. The summed E-state index contributed by atoms with van der Waals surface area (Å²) >= 11 is 0. The first kappa shape index (κ1) is 13.5. The molecule has 0 aromatic rings. The molecule has 0 saturated carbocycles. The van der Waals surface area contributed by atoms with Gasteiger partial charge in [0.25, 0.3) is 0 Å². The monoisotopic (exact) mass is 275 g/mol. The molecule has 1 saturated heterocycles. The van der Waals surface area contributed by atoms with E-state index >= 15 is 0 Å². The highest BCUT2D eigenvalue weighted by Gasteiger charge is 2.51. The molecule has 0 radical (unpaired) electrons. The molecule has 1 rings (SSSR count). The number of sulfonamides is 1. The summed E-state index contributed by atoms with van der Waals surface area (Å²) in [4.78, 5) is 21.6. The normalized spacial score (nSPS) is 28.6. The number of nitrogens with one attached hydrogen (secondary N) is 1. The molecule has 12 heteroatoms. The molecule has 17 heavy (non-hydrogen) atoms. The fourth-order valence-electron chi connectivity index (χ4n) is 0.818. The molecule has 1 unspecified atom stereocenters. The number of carbonyl (C=O) groups is 2. The number of amides is 2. The van der Waals surface area contributed by atoms with E-state index in [2.05, 4.69) is 4.40 Å². The number of alkyl halides is 3. The van der Waals surface area contributed by atoms with Crippen LogP contribution in [-0.4, -0.2) is 43.4 Å². The molecular weight excluding hydrogens is 271 g/mol. The molecule has 1 N–H and O–H groups in total. The quantitative estimate of drug-likeness (QED) is 0.366. The predicted octanol–water partition coefficient (Wildman–Crippen LogP) is -1.21. The van der Waals surface area contributed by atoms with Gasteiger partial charge in [-0.05, 0) is 0 Å². The van der Waals surface area contributed by atoms with Crippen LogP contribution in [-0.2, 0) is 19.6 Å². The number of likely N-dealkylation sites (N-methyl/N-ethyl adjacent to an activating group) is 1. The smallest absolute Gasteiger partial charge is 0.518 e. The molecule has 0 aliphatic carbocycles. The lowest BCUT2D eigenvalue weighted by Crippen LogP contribution is -2.46. The molecule has 8 nitrogen and oxygen atoms in total. The van der Waals surface area contributed by atoms with Crippen LogP contribution >= 0.6 is 0 Å². The highest BCUT2D eigenvalue weighted by molar-refractivity contribution is 7.91. The molecule has 1 aliphatic heterocycles. The highest BCUT2D eigenvalue weighted by Crippen LogP contribution is 2.25. The predicted molar refractivity (Wildman–Crippen MR) is 45.1 cm³/mol. The SMILES string of the molecule is C[N+]1([O-])C(=O)C(=O)NC1=NS(=O)(=O)C(F)(F)F. The molecule has 2 amide bonds. The number of halogens is 3. The van der Waals surface area contributed by atoms with E-state index < -0.39 is 38.0 Å². The first-order chi connectivity index (χ1) is 7.39. The van der Waals surface area contributed by atoms with Crippen molar-refractivity contribution in [3.05, 3.63) is 5.21 Å². The number of rotatable bonds is 1. The molecule has 0 aromatic heterocycles. The summed E-state index contributed by atoms with van der Waals surface area (Å²) < 4.78 is 56.8. The van der Waals surface area contributed by atoms with Gasteiger partial charge in [0, 0.05) is 0 Å². The second-order valence-electron chi connectivity index (χ2n) is 3.02. The average molecular weight is 275 g/mol. The summed E-state index contributed by atoms with van der Waals surface area (Å²) in [6.07, 6.45) is 0. The number of nitrogens with zero attached hydrogens (tertiary/aromatic N) is 2. The third kappa shape index (κ3) is 2.13. The van der Waals surface area contributed by atoms with Crippen molar-refractivity contribution in [3.63, 3.8) is 0 Å². The Morgan fingerprint density at radius 1 is 1.35 bits per heavy atom. The molecule has 0 bridgehead atoms. The van der Waals surface area contributed by atoms with Crippen LogP contribution in [0.5, 0.6) is 0 Å². The number of hydrogen-bond acceptors (Lipinski definition) is 5. The van der Waals surface area contributed by atoms with E-state index in [4.69, 9.17) is 0 Å². The van der Waals surface area contributed by atoms with E-state index in [1.54, 1.807) is 0 Å². The van der Waals surface area contributed by atoms with Gasteiger partial charge in [0.05, 0.1) is 7.05 Å². The van der Waals surface area contributed by atoms with Gasteiger partial charge < -0.3 is 5.21 Å². The summed E-state index contributed by atoms with van der Waals surface area (Å²) in [6, 6.07) is 0. The van der Waals surface area contributed by atoms with Gasteiger partial charge in [0.2, 0.25) is 0 Å². The molecule has 0 aromatic carbocycles. The Morgan fingerprint density at radius 3 is 2.12 bits per heavy atom. The summed E-state index contributed by atoms with van der Waals surface area (Å²) in [5, 5.41) is 12.7. The minimum absolute atomic E-state index is 0.477. The summed E-state index contributed by atoms with van der Waals surface area (Å²) in [5.41, 5.74) is -5.73. The molecule has 1 heterocycles. The number of hydrogen-bond donors (Lipinski definition) is 1. The van der Waals surface area contributed by atoms with Gasteiger partial charge in [0.1, 0.15) is 0 Å². The lowest BCUT2D eigenvalue weighted by molar-refractivity contribution is -0.677. The van der Waals surface area contributed by atoms with E-state index in [0.29, 0.717) is 7.05 Å². The van der Waals surface area contributed by atoms with Crippen LogP contribution in [0, 0.1) is 5.21 Å². The fourth-order valence-corrected chi connectivity index (χ4v) is 1.35. The maximum Gasteiger partial charge on any atom is 0.518 e. The Morgan fingerprint density at radius 2 is 1.82 bits per heavy atom. The van der Waals surface area contributed by atoms with Gasteiger partial charge in [0.15, 0.2) is 0 Å². The lowest BCUT2D eigenvalue weighted by atomic mass is 10.6. The van der Waals surface area contributed by atoms with Crippen molar-refractivity contribution in [3.8, 4) is 0 Å². The van der Waals surface area contributed by atoms with E-state index in [0.717, 1.165) is 0 Å². The first-order valence-electron chi connectivity index (χ1n) is 3.75. The van der Waals surface area contributed by atoms with Crippen molar-refractivity contribution >= 4 is 27.8 Å². The Bertz CT molecular complexity index is 519. The first-order valence-corrected chi connectivity index (χ1v) is 5.19. The Kier molecular flexibility index (Phi) is 2.77.